The molecule has 1 heterocycles. The van der Waals surface area contributed by atoms with E-state index in [0.29, 0.717) is 6.54 Å². The van der Waals surface area contributed by atoms with Crippen LogP contribution in [-0.4, -0.2) is 38.6 Å². The van der Waals surface area contributed by atoms with Crippen LogP contribution in [0.3, 0.4) is 0 Å². The van der Waals surface area contributed by atoms with Gasteiger partial charge in [0, 0.05) is 19.7 Å². The number of nitrogens with zero attached hydrogens (tertiary/aromatic N) is 1. The normalized spacial score (nSPS) is 15.1. The molecule has 0 atom stereocenters. The van der Waals surface area contributed by atoms with E-state index in [4.69, 9.17) is 11.6 Å². The van der Waals surface area contributed by atoms with Gasteiger partial charge in [-0.15, -0.1) is 0 Å². The average molecular weight is 517 g/mol. The molecule has 1 aliphatic rings. The lowest BCUT2D eigenvalue weighted by molar-refractivity contribution is -0.892. The average Bonchev–Trinajstić information content (AvgIpc) is 2.61. The number of amides is 1. The number of nitrogens with one attached hydrogen (secondary N) is 2. The van der Waals surface area contributed by atoms with Gasteiger partial charge in [0.15, 0.2) is 6.54 Å². The molecule has 2 aromatic rings. The highest BCUT2D eigenvalue weighted by Gasteiger charge is 2.24. The largest absolute Gasteiger partial charge is 0.360 e. The van der Waals surface area contributed by atoms with Crippen LogP contribution in [0.1, 0.15) is 11.1 Å². The van der Waals surface area contributed by atoms with E-state index in [1.807, 2.05) is 31.2 Å². The Bertz CT molecular complexity index is 828. The maximum Gasteiger partial charge on any atom is 0.279 e. The molecule has 0 bridgehead atoms. The van der Waals surface area contributed by atoms with E-state index in [2.05, 4.69) is 55.1 Å². The molecule has 7 heteroatoms. The molecule has 0 aliphatic carbocycles. The minimum Gasteiger partial charge on any atom is -0.360 e. The molecular weight excluding hydrogens is 494 g/mol. The third-order valence-electron chi connectivity index (χ3n) is 4.84. The maximum absolute atomic E-state index is 12.5. The van der Waals surface area contributed by atoms with Gasteiger partial charge in [0.25, 0.3) is 5.91 Å². The number of hydrogen-bond donors (Lipinski definition) is 2. The number of aryl methyl sites for hydroxylation is 2. The Kier molecular flexibility index (Phi) is 6.84. The number of hydrogen-bond acceptors (Lipinski definition) is 2. The Morgan fingerprint density at radius 2 is 1.78 bits per heavy atom. The van der Waals surface area contributed by atoms with Crippen LogP contribution >= 0.6 is 43.5 Å². The molecular formula is C20H23Br2ClN3O+. The van der Waals surface area contributed by atoms with Crippen LogP contribution in [0.2, 0.25) is 5.02 Å². The SMILES string of the molecule is Cc1cc(Br)c(NC(=O)C[NH+]2CCN(c3cc(Cl)ccc3C)CC2)c(Br)c1. The molecule has 1 fully saturated rings. The first-order valence-electron chi connectivity index (χ1n) is 8.93. The summed E-state index contributed by atoms with van der Waals surface area (Å²) < 4.78 is 1.78. The van der Waals surface area contributed by atoms with Gasteiger partial charge in [0.05, 0.1) is 31.9 Å². The predicted octanol–water partition coefficient (Wildman–Crippen LogP) is 3.83. The van der Waals surface area contributed by atoms with Crippen LogP contribution in [-0.2, 0) is 4.79 Å². The third kappa shape index (κ3) is 5.25. The number of anilines is 2. The smallest absolute Gasteiger partial charge is 0.279 e. The van der Waals surface area contributed by atoms with Crippen molar-refractivity contribution in [1.82, 2.24) is 0 Å². The predicted molar refractivity (Wildman–Crippen MR) is 119 cm³/mol. The molecule has 0 unspecified atom stereocenters. The second-order valence-electron chi connectivity index (χ2n) is 7.00. The maximum atomic E-state index is 12.5. The zero-order valence-electron chi connectivity index (χ0n) is 15.4. The Morgan fingerprint density at radius 3 is 2.41 bits per heavy atom. The number of halogens is 3. The van der Waals surface area contributed by atoms with E-state index in [1.54, 1.807) is 0 Å². The number of rotatable bonds is 4. The van der Waals surface area contributed by atoms with E-state index in [1.165, 1.54) is 16.2 Å². The molecule has 1 aliphatic heterocycles. The van der Waals surface area contributed by atoms with Gasteiger partial charge < -0.3 is 15.1 Å². The second kappa shape index (κ2) is 8.95. The monoisotopic (exact) mass is 514 g/mol. The fourth-order valence-electron chi connectivity index (χ4n) is 3.39. The lowest BCUT2D eigenvalue weighted by Crippen LogP contribution is -3.15. The summed E-state index contributed by atoms with van der Waals surface area (Å²) in [5.41, 5.74) is 4.34. The standard InChI is InChI=1S/C20H22Br2ClN3O/c1-13-9-16(21)20(17(22)10-13)24-19(27)12-25-5-7-26(8-6-25)18-11-15(23)4-3-14(18)2/h3-4,9-11H,5-8,12H2,1-2H3,(H,24,27)/p+1. The molecule has 27 heavy (non-hydrogen) atoms. The van der Waals surface area contributed by atoms with Crippen LogP contribution in [0.5, 0.6) is 0 Å². The molecule has 0 aromatic heterocycles. The number of carbonyl (C=O) groups is 1. The first-order valence-corrected chi connectivity index (χ1v) is 10.9. The van der Waals surface area contributed by atoms with Crippen molar-refractivity contribution in [3.63, 3.8) is 0 Å². The molecule has 3 rings (SSSR count). The van der Waals surface area contributed by atoms with Crippen molar-refractivity contribution in [3.8, 4) is 0 Å². The van der Waals surface area contributed by atoms with Gasteiger partial charge >= 0.3 is 0 Å². The van der Waals surface area contributed by atoms with Crippen molar-refractivity contribution in [2.75, 3.05) is 42.9 Å². The van der Waals surface area contributed by atoms with Crippen LogP contribution in [0.4, 0.5) is 11.4 Å². The van der Waals surface area contributed by atoms with Gasteiger partial charge in [-0.3, -0.25) is 4.79 Å². The first kappa shape index (κ1) is 20.6. The van der Waals surface area contributed by atoms with E-state index < -0.39 is 0 Å². The summed E-state index contributed by atoms with van der Waals surface area (Å²) in [4.78, 5) is 16.2. The lowest BCUT2D eigenvalue weighted by Gasteiger charge is -2.34. The summed E-state index contributed by atoms with van der Waals surface area (Å²) >= 11 is 13.2. The van der Waals surface area contributed by atoms with Crippen molar-refractivity contribution in [1.29, 1.82) is 0 Å². The lowest BCUT2D eigenvalue weighted by atomic mass is 10.1. The Balaban J connectivity index is 1.56. The van der Waals surface area contributed by atoms with Gasteiger partial charge in [-0.25, -0.2) is 0 Å². The summed E-state index contributed by atoms with van der Waals surface area (Å²) in [7, 11) is 0. The van der Waals surface area contributed by atoms with Gasteiger partial charge in [-0.2, -0.15) is 0 Å². The van der Waals surface area contributed by atoms with Crippen molar-refractivity contribution in [3.05, 3.63) is 55.4 Å². The number of piperazine rings is 1. The van der Waals surface area contributed by atoms with E-state index >= 15 is 0 Å². The highest BCUT2D eigenvalue weighted by molar-refractivity contribution is 9.11. The fourth-order valence-corrected chi connectivity index (χ4v) is 5.17. The molecule has 2 aromatic carbocycles. The molecule has 2 N–H and O–H groups in total. The van der Waals surface area contributed by atoms with Gasteiger partial charge in [-0.1, -0.05) is 17.7 Å². The highest BCUT2D eigenvalue weighted by atomic mass is 79.9. The quantitative estimate of drug-likeness (QED) is 0.648. The van der Waals surface area contributed by atoms with E-state index in [9.17, 15) is 4.79 Å². The molecule has 0 saturated carbocycles. The second-order valence-corrected chi connectivity index (χ2v) is 9.14. The van der Waals surface area contributed by atoms with Crippen LogP contribution < -0.4 is 15.1 Å². The topological polar surface area (TPSA) is 36.8 Å². The van der Waals surface area contributed by atoms with Crippen molar-refractivity contribution >= 4 is 60.7 Å². The zero-order valence-corrected chi connectivity index (χ0v) is 19.3. The Labute approximate surface area is 182 Å². The van der Waals surface area contributed by atoms with Crippen molar-refractivity contribution in [2.24, 2.45) is 0 Å². The zero-order chi connectivity index (χ0) is 19.6. The minimum absolute atomic E-state index is 0.0302. The summed E-state index contributed by atoms with van der Waals surface area (Å²) in [5.74, 6) is 0.0302. The van der Waals surface area contributed by atoms with Crippen LogP contribution in [0.15, 0.2) is 39.3 Å². The molecule has 1 saturated heterocycles. The van der Waals surface area contributed by atoms with Gasteiger partial charge in [0.2, 0.25) is 0 Å². The molecule has 1 amide bonds. The van der Waals surface area contributed by atoms with Gasteiger partial charge in [0.1, 0.15) is 0 Å². The first-order chi connectivity index (χ1) is 12.8. The van der Waals surface area contributed by atoms with Crippen molar-refractivity contribution < 1.29 is 9.69 Å². The Morgan fingerprint density at radius 1 is 1.15 bits per heavy atom. The summed E-state index contributed by atoms with van der Waals surface area (Å²) in [5, 5.41) is 3.79. The molecule has 0 spiro atoms. The Hall–Kier alpha value is -1.08. The van der Waals surface area contributed by atoms with Gasteiger partial charge in [-0.05, 0) is 81.1 Å². The fraction of sp³-hybridized carbons (Fsp3) is 0.350. The number of quaternary nitrogens is 1. The van der Waals surface area contributed by atoms with Crippen LogP contribution in [0.25, 0.3) is 0 Å². The van der Waals surface area contributed by atoms with E-state index in [0.717, 1.165) is 51.4 Å². The summed E-state index contributed by atoms with van der Waals surface area (Å²) in [6.07, 6.45) is 0. The van der Waals surface area contributed by atoms with Crippen molar-refractivity contribution in [2.45, 2.75) is 13.8 Å². The molecule has 4 nitrogen and oxygen atoms in total. The van der Waals surface area contributed by atoms with E-state index in [-0.39, 0.29) is 5.91 Å². The third-order valence-corrected chi connectivity index (χ3v) is 6.33. The molecule has 0 radical (unpaired) electrons. The molecule has 144 valence electrons. The van der Waals surface area contributed by atoms with Crippen LogP contribution in [0, 0.1) is 13.8 Å². The highest BCUT2D eigenvalue weighted by Crippen LogP contribution is 2.32. The summed E-state index contributed by atoms with van der Waals surface area (Å²) in [6.45, 7) is 8.28. The minimum atomic E-state index is 0.0302. The number of benzene rings is 2. The summed E-state index contributed by atoms with van der Waals surface area (Å²) in [6, 6.07) is 10.0. The number of carbonyl (C=O) groups excluding carboxylic acids is 1.